The van der Waals surface area contributed by atoms with Crippen LogP contribution in [0.3, 0.4) is 0 Å². The summed E-state index contributed by atoms with van der Waals surface area (Å²) in [5.41, 5.74) is 4.14. The molecule has 0 spiro atoms. The van der Waals surface area contributed by atoms with Gasteiger partial charge in [-0.15, -0.1) is 0 Å². The Morgan fingerprint density at radius 2 is 1.61 bits per heavy atom. The predicted molar refractivity (Wildman–Crippen MR) is 154 cm³/mol. The molecule has 0 aliphatic carbocycles. The maximum atomic E-state index is 13.0. The summed E-state index contributed by atoms with van der Waals surface area (Å²) in [6.45, 7) is -0.833. The van der Waals surface area contributed by atoms with Gasteiger partial charge in [0.15, 0.2) is 34.7 Å². The normalized spacial score (nSPS) is 10.9. The summed E-state index contributed by atoms with van der Waals surface area (Å²) < 4.78 is 41.3. The van der Waals surface area contributed by atoms with Crippen LogP contribution < -0.4 is 29.0 Å². The summed E-state index contributed by atoms with van der Waals surface area (Å²) in [7, 11) is 6.18. The minimum Gasteiger partial charge on any atom is -0.493 e. The fourth-order valence-corrected chi connectivity index (χ4v) is 5.15. The van der Waals surface area contributed by atoms with E-state index in [0.717, 1.165) is 15.8 Å². The van der Waals surface area contributed by atoms with Gasteiger partial charge < -0.3 is 23.7 Å². The van der Waals surface area contributed by atoms with E-state index >= 15 is 0 Å². The van der Waals surface area contributed by atoms with Crippen molar-refractivity contribution in [3.05, 3.63) is 60.2 Å². The van der Waals surface area contributed by atoms with Gasteiger partial charge in [0.2, 0.25) is 5.75 Å². The molecule has 12 heteroatoms. The number of hydrogen-bond acceptors (Lipinski definition) is 9. The van der Waals surface area contributed by atoms with Crippen LogP contribution in [-0.2, 0) is 11.5 Å². The van der Waals surface area contributed by atoms with Crippen LogP contribution in [0, 0.1) is 0 Å². The van der Waals surface area contributed by atoms with Crippen LogP contribution in [0.4, 0.5) is 9.52 Å². The number of nitrogens with one attached hydrogen (secondary N) is 2. The molecule has 3 aromatic carbocycles. The maximum Gasteiger partial charge on any atom is 0.264 e. The number of ether oxygens (including phenoxy) is 5. The summed E-state index contributed by atoms with van der Waals surface area (Å²) in [6, 6.07) is 16.0. The Balaban J connectivity index is 1.32. The lowest BCUT2D eigenvalue weighted by Gasteiger charge is -2.13. The van der Waals surface area contributed by atoms with Crippen LogP contribution in [0.5, 0.6) is 28.7 Å². The molecule has 0 saturated carbocycles. The van der Waals surface area contributed by atoms with Crippen molar-refractivity contribution in [1.29, 1.82) is 0 Å². The van der Waals surface area contributed by atoms with E-state index < -0.39 is 12.6 Å². The first-order valence-electron chi connectivity index (χ1n) is 12.4. The number of alkyl halides is 1. The van der Waals surface area contributed by atoms with E-state index in [-0.39, 0.29) is 6.61 Å². The maximum absolute atomic E-state index is 13.0. The molecule has 0 bridgehead atoms. The Bertz CT molecular complexity index is 1680. The molecule has 0 saturated heterocycles. The van der Waals surface area contributed by atoms with Crippen molar-refractivity contribution in [2.75, 3.05) is 40.4 Å². The molecular formula is C29H27FN4O6S. The number of rotatable bonds is 11. The number of nitrogens with zero attached hydrogens (tertiary/aromatic N) is 2. The quantitative estimate of drug-likeness (QED) is 0.200. The number of aromatic nitrogens is 3. The Labute approximate surface area is 239 Å². The minimum atomic E-state index is -0.560. The van der Waals surface area contributed by atoms with Crippen molar-refractivity contribution >= 4 is 32.6 Å². The number of H-pyrrole nitrogens is 1. The second kappa shape index (κ2) is 12.1. The number of methoxy groups -OCH3 is 4. The Morgan fingerprint density at radius 1 is 0.878 bits per heavy atom. The molecular weight excluding hydrogens is 551 g/mol. The number of thiazole rings is 1. The molecule has 1 amide bonds. The van der Waals surface area contributed by atoms with E-state index in [9.17, 15) is 9.18 Å². The van der Waals surface area contributed by atoms with Crippen molar-refractivity contribution in [3.63, 3.8) is 0 Å². The molecule has 2 N–H and O–H groups in total. The van der Waals surface area contributed by atoms with Gasteiger partial charge in [0.1, 0.15) is 6.67 Å². The van der Waals surface area contributed by atoms with Crippen molar-refractivity contribution in [3.8, 4) is 51.3 Å². The SMILES string of the molecule is COc1ccc(-c2cc(-c3cc(OC)c(OC)c(OC)c3)n[nH]2)cc1OCC(=O)Nc1nc2ccc(CF)cc2s1. The van der Waals surface area contributed by atoms with E-state index in [1.165, 1.54) is 18.4 Å². The Morgan fingerprint density at radius 3 is 2.29 bits per heavy atom. The van der Waals surface area contributed by atoms with Crippen LogP contribution in [0.2, 0.25) is 0 Å². The zero-order valence-corrected chi connectivity index (χ0v) is 23.6. The van der Waals surface area contributed by atoms with Crippen LogP contribution in [-0.4, -0.2) is 56.1 Å². The van der Waals surface area contributed by atoms with Crippen molar-refractivity contribution in [2.45, 2.75) is 6.67 Å². The molecule has 41 heavy (non-hydrogen) atoms. The molecule has 5 aromatic rings. The number of fused-ring (bicyclic) bond motifs is 1. The molecule has 0 radical (unpaired) electrons. The molecule has 0 aliphatic heterocycles. The predicted octanol–water partition coefficient (Wildman–Crippen LogP) is 5.87. The topological polar surface area (TPSA) is 117 Å². The molecule has 212 valence electrons. The number of carbonyl (C=O) groups excluding carboxylic acids is 1. The van der Waals surface area contributed by atoms with Gasteiger partial charge in [-0.3, -0.25) is 15.2 Å². The van der Waals surface area contributed by atoms with Gasteiger partial charge in [-0.25, -0.2) is 9.37 Å². The average Bonchev–Trinajstić information content (AvgIpc) is 3.66. The summed E-state index contributed by atoms with van der Waals surface area (Å²) in [5.74, 6) is 1.96. The number of aromatic amines is 1. The number of anilines is 1. The zero-order chi connectivity index (χ0) is 28.9. The first-order valence-corrected chi connectivity index (χ1v) is 13.2. The molecule has 0 fully saturated rings. The van der Waals surface area contributed by atoms with Crippen LogP contribution in [0.15, 0.2) is 54.6 Å². The van der Waals surface area contributed by atoms with Gasteiger partial charge in [-0.2, -0.15) is 5.10 Å². The number of halogens is 1. The van der Waals surface area contributed by atoms with E-state index in [1.807, 2.05) is 24.3 Å². The zero-order valence-electron chi connectivity index (χ0n) is 22.7. The molecule has 5 rings (SSSR count). The first-order chi connectivity index (χ1) is 20.0. The van der Waals surface area contributed by atoms with Gasteiger partial charge in [0.05, 0.1) is 50.0 Å². The highest BCUT2D eigenvalue weighted by atomic mass is 32.1. The number of benzene rings is 3. The molecule has 0 unspecified atom stereocenters. The number of carbonyl (C=O) groups is 1. The molecule has 2 aromatic heterocycles. The van der Waals surface area contributed by atoms with E-state index in [2.05, 4.69) is 20.5 Å². The standard InChI is InChI=1S/C29H27FN4O6S/c1-36-22-8-6-17(20-13-21(34-33-20)18-11-24(37-2)28(39-4)25(12-18)38-3)10-23(22)40-15-27(35)32-29-31-19-7-5-16(14-30)9-26(19)41-29/h5-13H,14-15H2,1-4H3,(H,33,34)(H,31,32,35). The van der Waals surface area contributed by atoms with Crippen molar-refractivity contribution < 1.29 is 32.9 Å². The van der Waals surface area contributed by atoms with Crippen molar-refractivity contribution in [1.82, 2.24) is 15.2 Å². The smallest absolute Gasteiger partial charge is 0.264 e. The fourth-order valence-electron chi connectivity index (χ4n) is 4.21. The summed E-state index contributed by atoms with van der Waals surface area (Å²) in [4.78, 5) is 17.0. The van der Waals surface area contributed by atoms with Crippen LogP contribution in [0.25, 0.3) is 32.7 Å². The molecule has 10 nitrogen and oxygen atoms in total. The second-order valence-electron chi connectivity index (χ2n) is 8.74. The third-order valence-electron chi connectivity index (χ3n) is 6.23. The highest BCUT2D eigenvalue weighted by Crippen LogP contribution is 2.41. The van der Waals surface area contributed by atoms with Gasteiger partial charge in [0, 0.05) is 11.1 Å². The number of amides is 1. The third-order valence-corrected chi connectivity index (χ3v) is 7.16. The second-order valence-corrected chi connectivity index (χ2v) is 9.77. The average molecular weight is 579 g/mol. The van der Waals surface area contributed by atoms with E-state index in [0.29, 0.717) is 56.3 Å². The largest absolute Gasteiger partial charge is 0.493 e. The first kappa shape index (κ1) is 27.7. The fraction of sp³-hybridized carbons (Fsp3) is 0.207. The Hall–Kier alpha value is -4.84. The monoisotopic (exact) mass is 578 g/mol. The lowest BCUT2D eigenvalue weighted by atomic mass is 10.1. The van der Waals surface area contributed by atoms with E-state index in [1.54, 1.807) is 51.7 Å². The van der Waals surface area contributed by atoms with Gasteiger partial charge in [0.25, 0.3) is 5.91 Å². The van der Waals surface area contributed by atoms with Crippen LogP contribution >= 0.6 is 11.3 Å². The lowest BCUT2D eigenvalue weighted by Crippen LogP contribution is -2.20. The minimum absolute atomic E-state index is 0.273. The summed E-state index contributed by atoms with van der Waals surface area (Å²) in [5, 5.41) is 10.6. The van der Waals surface area contributed by atoms with Gasteiger partial charge in [-0.1, -0.05) is 17.4 Å². The molecule has 0 aliphatic rings. The Kier molecular flexibility index (Phi) is 8.20. The highest BCUT2D eigenvalue weighted by molar-refractivity contribution is 7.22. The lowest BCUT2D eigenvalue weighted by molar-refractivity contribution is -0.118. The van der Waals surface area contributed by atoms with Crippen LogP contribution in [0.1, 0.15) is 5.56 Å². The van der Waals surface area contributed by atoms with E-state index in [4.69, 9.17) is 23.7 Å². The summed E-state index contributed by atoms with van der Waals surface area (Å²) in [6.07, 6.45) is 0. The summed E-state index contributed by atoms with van der Waals surface area (Å²) >= 11 is 1.27. The molecule has 0 atom stereocenters. The molecule has 2 heterocycles. The third kappa shape index (κ3) is 5.87. The van der Waals surface area contributed by atoms with Gasteiger partial charge in [-0.05, 0) is 54.1 Å². The number of hydrogen-bond donors (Lipinski definition) is 2. The van der Waals surface area contributed by atoms with Gasteiger partial charge >= 0.3 is 0 Å². The highest BCUT2D eigenvalue weighted by Gasteiger charge is 2.17. The van der Waals surface area contributed by atoms with Crippen molar-refractivity contribution in [2.24, 2.45) is 0 Å².